The van der Waals surface area contributed by atoms with Crippen molar-refractivity contribution in [1.82, 2.24) is 29.4 Å². The molecule has 4 aromatic rings. The summed E-state index contributed by atoms with van der Waals surface area (Å²) >= 11 is 2.98. The molecule has 1 aliphatic heterocycles. The number of aromatic nitrogens is 6. The maximum absolute atomic E-state index is 12.5. The van der Waals surface area contributed by atoms with Gasteiger partial charge in [0, 0.05) is 24.9 Å². The number of fused-ring (bicyclic) bond motifs is 1. The molecule has 5 rings (SSSR count). The van der Waals surface area contributed by atoms with Gasteiger partial charge in [0.05, 0.1) is 24.6 Å². The highest BCUT2D eigenvalue weighted by atomic mass is 32.2. The molecule has 0 atom stereocenters. The predicted octanol–water partition coefficient (Wildman–Crippen LogP) is 2.73. The minimum Gasteiger partial charge on any atom is -0.378 e. The van der Waals surface area contributed by atoms with E-state index in [4.69, 9.17) is 4.74 Å². The third kappa shape index (κ3) is 4.03. The number of hydrogen-bond donors (Lipinski definition) is 0. The van der Waals surface area contributed by atoms with Crippen molar-refractivity contribution in [3.8, 4) is 5.69 Å². The van der Waals surface area contributed by atoms with Crippen LogP contribution in [0.3, 0.4) is 0 Å². The van der Waals surface area contributed by atoms with Gasteiger partial charge in [0.1, 0.15) is 5.01 Å². The van der Waals surface area contributed by atoms with E-state index >= 15 is 0 Å². The standard InChI is InChI=1S/C21H23N7O2S2/c1-3-17-25-28-18(29)12-15(22-20(28)32-17)13-31-21-24-23-19(26-8-10-30-11-9-26)27(21)16-7-5-4-6-14(16)2/h4-7,12H,3,8-11,13H2,1-2H3. The number of hydrogen-bond acceptors (Lipinski definition) is 9. The predicted molar refractivity (Wildman–Crippen MR) is 125 cm³/mol. The zero-order valence-electron chi connectivity index (χ0n) is 17.9. The first-order chi connectivity index (χ1) is 15.6. The Balaban J connectivity index is 1.48. The second-order valence-corrected chi connectivity index (χ2v) is 9.41. The van der Waals surface area contributed by atoms with Crippen molar-refractivity contribution in [1.29, 1.82) is 0 Å². The van der Waals surface area contributed by atoms with E-state index in [0.717, 1.165) is 46.9 Å². The number of para-hydroxylation sites is 1. The van der Waals surface area contributed by atoms with Crippen LogP contribution in [0, 0.1) is 6.92 Å². The molecule has 3 aromatic heterocycles. The summed E-state index contributed by atoms with van der Waals surface area (Å²) in [5.74, 6) is 1.32. The normalized spacial score (nSPS) is 14.4. The fourth-order valence-corrected chi connectivity index (χ4v) is 5.29. The molecule has 1 fully saturated rings. The van der Waals surface area contributed by atoms with Crippen molar-refractivity contribution in [3.63, 3.8) is 0 Å². The summed E-state index contributed by atoms with van der Waals surface area (Å²) in [6.07, 6.45) is 0.779. The molecule has 9 nitrogen and oxygen atoms in total. The Bertz CT molecular complexity index is 1310. The van der Waals surface area contributed by atoms with Gasteiger partial charge in [-0.15, -0.1) is 10.2 Å². The molecule has 0 radical (unpaired) electrons. The van der Waals surface area contributed by atoms with Gasteiger partial charge in [0.15, 0.2) is 5.16 Å². The molecule has 1 aromatic carbocycles. The first-order valence-electron chi connectivity index (χ1n) is 10.5. The zero-order valence-corrected chi connectivity index (χ0v) is 19.5. The number of morpholine rings is 1. The zero-order chi connectivity index (χ0) is 22.1. The second-order valence-electron chi connectivity index (χ2n) is 7.42. The quantitative estimate of drug-likeness (QED) is 0.398. The lowest BCUT2D eigenvalue weighted by atomic mass is 10.2. The molecule has 4 heterocycles. The van der Waals surface area contributed by atoms with Gasteiger partial charge >= 0.3 is 0 Å². The van der Waals surface area contributed by atoms with Crippen molar-refractivity contribution >= 4 is 34.0 Å². The van der Waals surface area contributed by atoms with Gasteiger partial charge in [-0.05, 0) is 25.0 Å². The minimum absolute atomic E-state index is 0.157. The van der Waals surface area contributed by atoms with E-state index in [2.05, 4.69) is 48.8 Å². The van der Waals surface area contributed by atoms with Crippen molar-refractivity contribution in [2.75, 3.05) is 31.2 Å². The molecule has 11 heteroatoms. The third-order valence-corrected chi connectivity index (χ3v) is 7.27. The Hall–Kier alpha value is -2.76. The number of rotatable bonds is 6. The molecule has 0 bridgehead atoms. The van der Waals surface area contributed by atoms with Crippen molar-refractivity contribution < 1.29 is 4.74 Å². The SMILES string of the molecule is CCc1nn2c(=O)cc(CSc3nnc(N4CCOCC4)n3-c3ccccc3C)nc2s1. The Kier molecular flexibility index (Phi) is 5.94. The summed E-state index contributed by atoms with van der Waals surface area (Å²) in [5.41, 5.74) is 2.73. The van der Waals surface area contributed by atoms with Gasteiger partial charge in [0.2, 0.25) is 10.9 Å². The van der Waals surface area contributed by atoms with E-state index in [-0.39, 0.29) is 5.56 Å². The lowest BCUT2D eigenvalue weighted by molar-refractivity contribution is 0.122. The molecular weight excluding hydrogens is 446 g/mol. The van der Waals surface area contributed by atoms with Crippen LogP contribution in [0.1, 0.15) is 23.2 Å². The topological polar surface area (TPSA) is 90.4 Å². The highest BCUT2D eigenvalue weighted by molar-refractivity contribution is 7.98. The van der Waals surface area contributed by atoms with Crippen LogP contribution < -0.4 is 10.5 Å². The largest absolute Gasteiger partial charge is 0.378 e. The molecule has 1 aliphatic rings. The van der Waals surface area contributed by atoms with Crippen LogP contribution in [0.2, 0.25) is 0 Å². The number of benzene rings is 1. The number of ether oxygens (including phenoxy) is 1. The van der Waals surface area contributed by atoms with Crippen LogP contribution in [0.25, 0.3) is 10.6 Å². The Morgan fingerprint density at radius 1 is 1.19 bits per heavy atom. The molecule has 0 N–H and O–H groups in total. The molecule has 0 amide bonds. The van der Waals surface area contributed by atoms with Gasteiger partial charge in [-0.1, -0.05) is 48.2 Å². The van der Waals surface area contributed by atoms with E-state index in [9.17, 15) is 4.79 Å². The highest BCUT2D eigenvalue weighted by Gasteiger charge is 2.23. The molecule has 1 saturated heterocycles. The number of nitrogens with zero attached hydrogens (tertiary/aromatic N) is 7. The number of aryl methyl sites for hydroxylation is 2. The van der Waals surface area contributed by atoms with Crippen LogP contribution in [-0.2, 0) is 16.9 Å². The average Bonchev–Trinajstić information content (AvgIpc) is 3.43. The molecule has 0 saturated carbocycles. The summed E-state index contributed by atoms with van der Waals surface area (Å²) in [7, 11) is 0. The van der Waals surface area contributed by atoms with Crippen LogP contribution in [0.15, 0.2) is 40.3 Å². The minimum atomic E-state index is -0.157. The molecule has 166 valence electrons. The first-order valence-corrected chi connectivity index (χ1v) is 12.3. The Labute approximate surface area is 193 Å². The monoisotopic (exact) mass is 469 g/mol. The first kappa shape index (κ1) is 21.1. The summed E-state index contributed by atoms with van der Waals surface area (Å²) in [6, 6.07) is 9.75. The van der Waals surface area contributed by atoms with Crippen molar-refractivity contribution in [2.24, 2.45) is 0 Å². The summed E-state index contributed by atoms with van der Waals surface area (Å²) in [5, 5.41) is 15.0. The number of thioether (sulfide) groups is 1. The Morgan fingerprint density at radius 3 is 2.78 bits per heavy atom. The average molecular weight is 470 g/mol. The summed E-state index contributed by atoms with van der Waals surface area (Å²) in [4.78, 5) is 20.0. The smallest absolute Gasteiger partial charge is 0.275 e. The van der Waals surface area contributed by atoms with Gasteiger partial charge in [-0.25, -0.2) is 4.98 Å². The molecule has 0 aliphatic carbocycles. The van der Waals surface area contributed by atoms with E-state index in [1.165, 1.54) is 27.6 Å². The molecular formula is C21H23N7O2S2. The van der Waals surface area contributed by atoms with Gasteiger partial charge in [-0.3, -0.25) is 9.36 Å². The molecule has 0 spiro atoms. The second kappa shape index (κ2) is 9.00. The van der Waals surface area contributed by atoms with Crippen LogP contribution in [0.4, 0.5) is 5.95 Å². The third-order valence-electron chi connectivity index (χ3n) is 5.26. The summed E-state index contributed by atoms with van der Waals surface area (Å²) in [6.45, 7) is 6.99. The van der Waals surface area contributed by atoms with Crippen LogP contribution in [0.5, 0.6) is 0 Å². The fourth-order valence-electron chi connectivity index (χ4n) is 3.60. The maximum Gasteiger partial charge on any atom is 0.275 e. The van der Waals surface area contributed by atoms with Crippen molar-refractivity contribution in [2.45, 2.75) is 31.2 Å². The van der Waals surface area contributed by atoms with Crippen LogP contribution >= 0.6 is 23.1 Å². The lowest BCUT2D eigenvalue weighted by Gasteiger charge is -2.28. The Morgan fingerprint density at radius 2 is 2.00 bits per heavy atom. The van der Waals surface area contributed by atoms with E-state index in [1.807, 2.05) is 19.1 Å². The number of anilines is 1. The van der Waals surface area contributed by atoms with Gasteiger partial charge < -0.3 is 9.64 Å². The van der Waals surface area contributed by atoms with Crippen molar-refractivity contribution in [3.05, 3.63) is 57.0 Å². The van der Waals surface area contributed by atoms with Gasteiger partial charge in [0.25, 0.3) is 5.56 Å². The summed E-state index contributed by atoms with van der Waals surface area (Å²) < 4.78 is 8.99. The lowest BCUT2D eigenvalue weighted by Crippen LogP contribution is -2.38. The van der Waals surface area contributed by atoms with Gasteiger partial charge in [-0.2, -0.15) is 9.61 Å². The van der Waals surface area contributed by atoms with E-state index in [0.29, 0.717) is 29.6 Å². The van der Waals surface area contributed by atoms with E-state index in [1.54, 1.807) is 6.07 Å². The molecule has 32 heavy (non-hydrogen) atoms. The fraction of sp³-hybridized carbons (Fsp3) is 0.381. The van der Waals surface area contributed by atoms with Crippen LogP contribution in [-0.4, -0.2) is 55.7 Å². The highest BCUT2D eigenvalue weighted by Crippen LogP contribution is 2.30. The van der Waals surface area contributed by atoms with E-state index < -0.39 is 0 Å². The maximum atomic E-state index is 12.5. The molecule has 0 unspecified atom stereocenters.